The van der Waals surface area contributed by atoms with E-state index in [-0.39, 0.29) is 24.4 Å². The summed E-state index contributed by atoms with van der Waals surface area (Å²) in [6.07, 6.45) is 7.12. The van der Waals surface area contributed by atoms with E-state index in [1.807, 2.05) is 59.2 Å². The highest BCUT2D eigenvalue weighted by Gasteiger charge is 2.32. The number of para-hydroxylation sites is 2. The van der Waals surface area contributed by atoms with Gasteiger partial charge < -0.3 is 19.5 Å². The molecule has 0 aliphatic heterocycles. The van der Waals surface area contributed by atoms with Crippen LogP contribution in [-0.4, -0.2) is 52.6 Å². The number of fused-ring (bicyclic) bond motifs is 1. The maximum Gasteiger partial charge on any atom is 0.247 e. The van der Waals surface area contributed by atoms with Gasteiger partial charge in [0.05, 0.1) is 24.0 Å². The van der Waals surface area contributed by atoms with Gasteiger partial charge in [0, 0.05) is 19.7 Å². The summed E-state index contributed by atoms with van der Waals surface area (Å²) < 4.78 is 7.13. The number of hydrogen-bond donors (Lipinski definition) is 1. The Labute approximate surface area is 194 Å². The molecule has 1 unspecified atom stereocenters. The highest BCUT2D eigenvalue weighted by atomic mass is 16.5. The number of ether oxygens (including phenoxy) is 1. The Morgan fingerprint density at radius 3 is 2.58 bits per heavy atom. The second-order valence-electron chi connectivity index (χ2n) is 8.60. The van der Waals surface area contributed by atoms with Crippen molar-refractivity contribution in [1.29, 1.82) is 0 Å². The zero-order valence-electron chi connectivity index (χ0n) is 19.2. The minimum atomic E-state index is -0.717. The number of carbonyl (C=O) groups excluding carboxylic acids is 2. The third-order valence-electron chi connectivity index (χ3n) is 6.32. The number of rotatable bonds is 9. The molecule has 1 aromatic heterocycles. The predicted molar refractivity (Wildman–Crippen MR) is 128 cm³/mol. The molecule has 1 heterocycles. The molecule has 1 aliphatic carbocycles. The summed E-state index contributed by atoms with van der Waals surface area (Å²) >= 11 is 0. The van der Waals surface area contributed by atoms with Crippen molar-refractivity contribution in [2.45, 2.75) is 50.7 Å². The molecule has 1 N–H and O–H groups in total. The van der Waals surface area contributed by atoms with E-state index in [0.29, 0.717) is 13.2 Å². The molecule has 2 amide bonds. The van der Waals surface area contributed by atoms with Gasteiger partial charge in [-0.3, -0.25) is 9.59 Å². The fourth-order valence-electron chi connectivity index (χ4n) is 4.60. The normalized spacial score (nSPS) is 15.3. The molecule has 0 radical (unpaired) electrons. The quantitative estimate of drug-likeness (QED) is 0.542. The van der Waals surface area contributed by atoms with E-state index < -0.39 is 6.04 Å². The summed E-state index contributed by atoms with van der Waals surface area (Å²) in [6.45, 7) is 0.764. The number of nitrogens with one attached hydrogen (secondary N) is 1. The molecule has 1 atom stereocenters. The van der Waals surface area contributed by atoms with E-state index in [1.54, 1.807) is 18.3 Å². The van der Waals surface area contributed by atoms with Crippen molar-refractivity contribution in [1.82, 2.24) is 19.8 Å². The number of benzene rings is 2. The molecule has 1 fully saturated rings. The van der Waals surface area contributed by atoms with Gasteiger partial charge in [0.25, 0.3) is 0 Å². The molecule has 7 nitrogen and oxygen atoms in total. The lowest BCUT2D eigenvalue weighted by molar-refractivity contribution is -0.142. The lowest BCUT2D eigenvalue weighted by Gasteiger charge is -2.33. The number of nitrogens with zero attached hydrogens (tertiary/aromatic N) is 3. The Morgan fingerprint density at radius 2 is 1.82 bits per heavy atom. The van der Waals surface area contributed by atoms with Crippen LogP contribution in [-0.2, 0) is 20.9 Å². The number of methoxy groups -OCH3 is 1. The smallest absolute Gasteiger partial charge is 0.247 e. The average molecular weight is 449 g/mol. The van der Waals surface area contributed by atoms with E-state index in [2.05, 4.69) is 10.3 Å². The molecular formula is C26H32N4O3. The number of amides is 2. The maximum atomic E-state index is 13.6. The van der Waals surface area contributed by atoms with Gasteiger partial charge in [-0.2, -0.15) is 0 Å². The van der Waals surface area contributed by atoms with Crippen molar-refractivity contribution in [2.75, 3.05) is 20.3 Å². The van der Waals surface area contributed by atoms with E-state index in [4.69, 9.17) is 4.74 Å². The summed E-state index contributed by atoms with van der Waals surface area (Å²) in [6, 6.07) is 16.7. The van der Waals surface area contributed by atoms with Crippen molar-refractivity contribution in [3.05, 3.63) is 66.5 Å². The lowest BCUT2D eigenvalue weighted by Crippen LogP contribution is -2.48. The fourth-order valence-corrected chi connectivity index (χ4v) is 4.60. The van der Waals surface area contributed by atoms with Crippen LogP contribution in [0.3, 0.4) is 0 Å². The minimum Gasteiger partial charge on any atom is -0.383 e. The second kappa shape index (κ2) is 11.1. The molecule has 1 saturated carbocycles. The highest BCUT2D eigenvalue weighted by Crippen LogP contribution is 2.25. The molecule has 0 saturated heterocycles. The van der Waals surface area contributed by atoms with Gasteiger partial charge in [-0.15, -0.1) is 0 Å². The van der Waals surface area contributed by atoms with Crippen molar-refractivity contribution in [3.8, 4) is 0 Å². The standard InChI is InChI=1S/C26H32N4O3/c1-33-17-16-30(24(31)18-29-19-27-22-14-8-9-15-23(22)29)25(20-10-4-2-5-11-20)26(32)28-21-12-6-3-7-13-21/h2,4-5,8-11,14-15,19,21,25H,3,6-7,12-13,16-18H2,1H3,(H,28,32). The topological polar surface area (TPSA) is 76.5 Å². The molecule has 174 valence electrons. The fraction of sp³-hybridized carbons (Fsp3) is 0.423. The number of carbonyl (C=O) groups is 2. The Bertz CT molecular complexity index is 1060. The van der Waals surface area contributed by atoms with E-state index >= 15 is 0 Å². The Morgan fingerprint density at radius 1 is 1.09 bits per heavy atom. The van der Waals surface area contributed by atoms with Gasteiger partial charge in [0.1, 0.15) is 12.6 Å². The third kappa shape index (κ3) is 5.60. The van der Waals surface area contributed by atoms with Gasteiger partial charge in [0.2, 0.25) is 11.8 Å². The summed E-state index contributed by atoms with van der Waals surface area (Å²) in [5, 5.41) is 3.22. The first-order chi connectivity index (χ1) is 16.2. The number of hydrogen-bond acceptors (Lipinski definition) is 4. The van der Waals surface area contributed by atoms with E-state index in [1.165, 1.54) is 6.42 Å². The van der Waals surface area contributed by atoms with Gasteiger partial charge in [0.15, 0.2) is 0 Å². The molecule has 33 heavy (non-hydrogen) atoms. The summed E-state index contributed by atoms with van der Waals surface area (Å²) in [5.41, 5.74) is 2.52. The van der Waals surface area contributed by atoms with Crippen LogP contribution in [0.1, 0.15) is 43.7 Å². The monoisotopic (exact) mass is 448 g/mol. The zero-order valence-corrected chi connectivity index (χ0v) is 19.2. The first kappa shape index (κ1) is 23.0. The van der Waals surface area contributed by atoms with Crippen molar-refractivity contribution < 1.29 is 14.3 Å². The van der Waals surface area contributed by atoms with E-state index in [9.17, 15) is 9.59 Å². The van der Waals surface area contributed by atoms with Crippen molar-refractivity contribution in [2.24, 2.45) is 0 Å². The SMILES string of the molecule is COCCN(C(=O)Cn1cnc2ccccc21)C(C(=O)NC1CCCCC1)c1ccccc1. The molecule has 0 spiro atoms. The predicted octanol–water partition coefficient (Wildman–Crippen LogP) is 3.70. The molecule has 0 bridgehead atoms. The highest BCUT2D eigenvalue weighted by molar-refractivity contribution is 5.89. The van der Waals surface area contributed by atoms with Crippen LogP contribution in [0.2, 0.25) is 0 Å². The molecule has 2 aromatic carbocycles. The zero-order chi connectivity index (χ0) is 23.0. The average Bonchev–Trinajstić information content (AvgIpc) is 3.25. The number of aromatic nitrogens is 2. The largest absolute Gasteiger partial charge is 0.383 e. The second-order valence-corrected chi connectivity index (χ2v) is 8.60. The Balaban J connectivity index is 1.62. The Hall–Kier alpha value is -3.19. The minimum absolute atomic E-state index is 0.101. The maximum absolute atomic E-state index is 13.6. The Kier molecular flexibility index (Phi) is 7.73. The molecular weight excluding hydrogens is 416 g/mol. The van der Waals surface area contributed by atoms with Gasteiger partial charge in [-0.1, -0.05) is 61.7 Å². The number of imidazole rings is 1. The first-order valence-corrected chi connectivity index (χ1v) is 11.7. The van der Waals surface area contributed by atoms with Crippen LogP contribution in [0.5, 0.6) is 0 Å². The van der Waals surface area contributed by atoms with Gasteiger partial charge in [-0.25, -0.2) is 4.98 Å². The van der Waals surface area contributed by atoms with E-state index in [0.717, 1.165) is 42.3 Å². The van der Waals surface area contributed by atoms with Gasteiger partial charge in [-0.05, 0) is 30.5 Å². The summed E-state index contributed by atoms with van der Waals surface area (Å²) in [7, 11) is 1.60. The molecule has 7 heteroatoms. The third-order valence-corrected chi connectivity index (χ3v) is 6.32. The van der Waals surface area contributed by atoms with Crippen LogP contribution in [0.15, 0.2) is 60.9 Å². The van der Waals surface area contributed by atoms with Crippen LogP contribution < -0.4 is 5.32 Å². The van der Waals surface area contributed by atoms with Crippen molar-refractivity contribution >= 4 is 22.8 Å². The van der Waals surface area contributed by atoms with Crippen LogP contribution in [0.4, 0.5) is 0 Å². The van der Waals surface area contributed by atoms with Crippen molar-refractivity contribution in [3.63, 3.8) is 0 Å². The van der Waals surface area contributed by atoms with Crippen LogP contribution >= 0.6 is 0 Å². The summed E-state index contributed by atoms with van der Waals surface area (Å²) in [4.78, 5) is 33.2. The van der Waals surface area contributed by atoms with Crippen LogP contribution in [0.25, 0.3) is 11.0 Å². The first-order valence-electron chi connectivity index (χ1n) is 11.7. The van der Waals surface area contributed by atoms with Crippen LogP contribution in [0, 0.1) is 0 Å². The lowest BCUT2D eigenvalue weighted by atomic mass is 9.94. The molecule has 4 rings (SSSR count). The molecule has 1 aliphatic rings. The van der Waals surface area contributed by atoms with Gasteiger partial charge >= 0.3 is 0 Å². The summed E-state index contributed by atoms with van der Waals surface area (Å²) in [5.74, 6) is -0.282. The molecule has 3 aromatic rings.